The van der Waals surface area contributed by atoms with Gasteiger partial charge in [-0.2, -0.15) is 0 Å². The summed E-state index contributed by atoms with van der Waals surface area (Å²) >= 11 is 3.35. The number of benzene rings is 1. The van der Waals surface area contributed by atoms with E-state index in [-0.39, 0.29) is 5.69 Å². The van der Waals surface area contributed by atoms with Crippen LogP contribution in [0.25, 0.3) is 11.0 Å². The molecule has 3 aromatic rings. The van der Waals surface area contributed by atoms with E-state index in [2.05, 4.69) is 36.2 Å². The van der Waals surface area contributed by atoms with E-state index in [1.54, 1.807) is 43.5 Å². The standard InChI is InChI=1S/C17H15BrN4O3/c1-9(17(24)25)13(10-2-4-11(18)5-3-10)22-16(23)14-12-6-7-19-15(12)21-8-20-14/h2-9,13H,1H3,(H,22,23)(H,24,25)(H,19,20,21)/t9-,13-/m1/s1. The van der Waals surface area contributed by atoms with E-state index in [4.69, 9.17) is 0 Å². The molecule has 128 valence electrons. The topological polar surface area (TPSA) is 108 Å². The predicted octanol–water partition coefficient (Wildman–Crippen LogP) is 2.91. The van der Waals surface area contributed by atoms with Crippen molar-refractivity contribution in [3.63, 3.8) is 0 Å². The van der Waals surface area contributed by atoms with Gasteiger partial charge in [-0.25, -0.2) is 9.97 Å². The Balaban J connectivity index is 1.94. The maximum atomic E-state index is 12.7. The number of aromatic amines is 1. The minimum atomic E-state index is -0.998. The summed E-state index contributed by atoms with van der Waals surface area (Å²) < 4.78 is 0.870. The van der Waals surface area contributed by atoms with Gasteiger partial charge in [0.1, 0.15) is 17.7 Å². The van der Waals surface area contributed by atoms with Gasteiger partial charge in [0, 0.05) is 10.7 Å². The maximum Gasteiger partial charge on any atom is 0.308 e. The number of halogens is 1. The molecular formula is C17H15BrN4O3. The minimum absolute atomic E-state index is 0.200. The summed E-state index contributed by atoms with van der Waals surface area (Å²) in [6.45, 7) is 1.56. The zero-order valence-corrected chi connectivity index (χ0v) is 14.8. The molecule has 0 aliphatic heterocycles. The van der Waals surface area contributed by atoms with Crippen LogP contribution in [-0.4, -0.2) is 31.9 Å². The second kappa shape index (κ2) is 7.02. The lowest BCUT2D eigenvalue weighted by molar-refractivity contribution is -0.142. The second-order valence-electron chi connectivity index (χ2n) is 5.59. The molecule has 2 atom stereocenters. The Morgan fingerprint density at radius 3 is 2.60 bits per heavy atom. The number of carboxylic acids is 1. The first-order chi connectivity index (χ1) is 12.0. The van der Waals surface area contributed by atoms with E-state index in [1.807, 2.05) is 0 Å². The van der Waals surface area contributed by atoms with Crippen LogP contribution in [-0.2, 0) is 4.79 Å². The van der Waals surface area contributed by atoms with Crippen molar-refractivity contribution in [2.45, 2.75) is 13.0 Å². The Kier molecular flexibility index (Phi) is 4.80. The zero-order chi connectivity index (χ0) is 18.0. The molecule has 0 bridgehead atoms. The zero-order valence-electron chi connectivity index (χ0n) is 13.2. The van der Waals surface area contributed by atoms with Gasteiger partial charge in [0.05, 0.1) is 17.3 Å². The smallest absolute Gasteiger partial charge is 0.308 e. The molecule has 3 rings (SSSR count). The number of fused-ring (bicyclic) bond motifs is 1. The molecule has 0 saturated heterocycles. The first-order valence-electron chi connectivity index (χ1n) is 7.54. The van der Waals surface area contributed by atoms with Crippen molar-refractivity contribution in [3.8, 4) is 0 Å². The van der Waals surface area contributed by atoms with Crippen molar-refractivity contribution < 1.29 is 14.7 Å². The lowest BCUT2D eigenvalue weighted by atomic mass is 9.94. The number of carbonyl (C=O) groups excluding carboxylic acids is 1. The van der Waals surface area contributed by atoms with Crippen LogP contribution in [0.15, 0.2) is 47.3 Å². The molecule has 0 saturated carbocycles. The van der Waals surface area contributed by atoms with Crippen molar-refractivity contribution >= 4 is 38.8 Å². The molecule has 0 aliphatic rings. The maximum absolute atomic E-state index is 12.7. The molecule has 3 N–H and O–H groups in total. The highest BCUT2D eigenvalue weighted by molar-refractivity contribution is 9.10. The molecule has 2 heterocycles. The fraction of sp³-hybridized carbons (Fsp3) is 0.176. The summed E-state index contributed by atoms with van der Waals surface area (Å²) in [6.07, 6.45) is 2.96. The van der Waals surface area contributed by atoms with Crippen LogP contribution in [0.2, 0.25) is 0 Å². The monoisotopic (exact) mass is 402 g/mol. The van der Waals surface area contributed by atoms with Crippen molar-refractivity contribution in [2.24, 2.45) is 5.92 Å². The Hall–Kier alpha value is -2.74. The van der Waals surface area contributed by atoms with Crippen molar-refractivity contribution in [1.82, 2.24) is 20.3 Å². The summed E-state index contributed by atoms with van der Waals surface area (Å²) in [7, 11) is 0. The largest absolute Gasteiger partial charge is 0.481 e. The summed E-state index contributed by atoms with van der Waals surface area (Å²) in [5.74, 6) is -2.26. The highest BCUT2D eigenvalue weighted by Gasteiger charge is 2.28. The number of nitrogens with zero attached hydrogens (tertiary/aromatic N) is 2. The SMILES string of the molecule is C[C@@H](C(=O)O)[C@@H](NC(=O)c1ncnc2[nH]ccc12)c1ccc(Br)cc1. The number of rotatable bonds is 5. The Morgan fingerprint density at radius 1 is 1.20 bits per heavy atom. The normalized spacial score (nSPS) is 13.4. The summed E-state index contributed by atoms with van der Waals surface area (Å²) in [5, 5.41) is 12.8. The van der Waals surface area contributed by atoms with E-state index < -0.39 is 23.8 Å². The third-order valence-corrected chi connectivity index (χ3v) is 4.50. The molecule has 0 unspecified atom stereocenters. The number of nitrogens with one attached hydrogen (secondary N) is 2. The molecule has 2 aromatic heterocycles. The van der Waals surface area contributed by atoms with Crippen LogP contribution in [0.1, 0.15) is 29.0 Å². The van der Waals surface area contributed by atoms with Crippen LogP contribution >= 0.6 is 15.9 Å². The number of aromatic nitrogens is 3. The van der Waals surface area contributed by atoms with Gasteiger partial charge in [-0.3, -0.25) is 9.59 Å². The second-order valence-corrected chi connectivity index (χ2v) is 6.51. The molecule has 0 radical (unpaired) electrons. The van der Waals surface area contributed by atoms with Crippen molar-refractivity contribution in [2.75, 3.05) is 0 Å². The van der Waals surface area contributed by atoms with Gasteiger partial charge in [0.15, 0.2) is 0 Å². The summed E-state index contributed by atoms with van der Waals surface area (Å²) in [6, 6.07) is 8.18. The van der Waals surface area contributed by atoms with E-state index in [0.717, 1.165) is 4.47 Å². The fourth-order valence-corrected chi connectivity index (χ4v) is 2.84. The molecule has 0 spiro atoms. The molecule has 25 heavy (non-hydrogen) atoms. The minimum Gasteiger partial charge on any atom is -0.481 e. The Morgan fingerprint density at radius 2 is 1.92 bits per heavy atom. The van der Waals surface area contributed by atoms with Gasteiger partial charge in [-0.15, -0.1) is 0 Å². The Bertz CT molecular complexity index is 923. The molecular weight excluding hydrogens is 388 g/mol. The number of aliphatic carboxylic acids is 1. The van der Waals surface area contributed by atoms with Crippen molar-refractivity contribution in [3.05, 3.63) is 58.6 Å². The number of hydrogen-bond acceptors (Lipinski definition) is 4. The highest BCUT2D eigenvalue weighted by atomic mass is 79.9. The van der Waals surface area contributed by atoms with Gasteiger partial charge >= 0.3 is 5.97 Å². The van der Waals surface area contributed by atoms with Crippen molar-refractivity contribution in [1.29, 1.82) is 0 Å². The van der Waals surface area contributed by atoms with E-state index >= 15 is 0 Å². The van der Waals surface area contributed by atoms with Gasteiger partial charge < -0.3 is 15.4 Å². The lowest BCUT2D eigenvalue weighted by Gasteiger charge is -2.23. The average molecular weight is 403 g/mol. The van der Waals surface area contributed by atoms with E-state index in [9.17, 15) is 14.7 Å². The molecule has 8 heteroatoms. The van der Waals surface area contributed by atoms with Crippen LogP contribution in [0.5, 0.6) is 0 Å². The summed E-state index contributed by atoms with van der Waals surface area (Å²) in [4.78, 5) is 35.2. The van der Waals surface area contributed by atoms with E-state index in [1.165, 1.54) is 6.33 Å². The van der Waals surface area contributed by atoms with Gasteiger partial charge in [-0.05, 0) is 30.7 Å². The average Bonchev–Trinajstić information content (AvgIpc) is 3.08. The van der Waals surface area contributed by atoms with Gasteiger partial charge in [0.2, 0.25) is 0 Å². The Labute approximate surface area is 151 Å². The predicted molar refractivity (Wildman–Crippen MR) is 95.0 cm³/mol. The number of carbonyl (C=O) groups is 2. The first-order valence-corrected chi connectivity index (χ1v) is 8.34. The van der Waals surface area contributed by atoms with Crippen LogP contribution in [0, 0.1) is 5.92 Å². The van der Waals surface area contributed by atoms with E-state index in [0.29, 0.717) is 16.6 Å². The van der Waals surface area contributed by atoms with Crippen LogP contribution in [0.4, 0.5) is 0 Å². The lowest BCUT2D eigenvalue weighted by Crippen LogP contribution is -2.36. The summed E-state index contributed by atoms with van der Waals surface area (Å²) in [5.41, 5.74) is 1.45. The number of carboxylic acid groups (broad SMARTS) is 1. The molecule has 0 aliphatic carbocycles. The van der Waals surface area contributed by atoms with Gasteiger partial charge in [0.25, 0.3) is 5.91 Å². The third kappa shape index (κ3) is 3.53. The first kappa shape index (κ1) is 17.1. The molecule has 0 fully saturated rings. The van der Waals surface area contributed by atoms with Crippen LogP contribution in [0.3, 0.4) is 0 Å². The fourth-order valence-electron chi connectivity index (χ4n) is 2.57. The third-order valence-electron chi connectivity index (χ3n) is 3.97. The quantitative estimate of drug-likeness (QED) is 0.607. The number of hydrogen-bond donors (Lipinski definition) is 3. The molecule has 1 aromatic carbocycles. The highest BCUT2D eigenvalue weighted by Crippen LogP contribution is 2.25. The molecule has 1 amide bonds. The van der Waals surface area contributed by atoms with Crippen LogP contribution < -0.4 is 5.32 Å². The number of amides is 1. The van der Waals surface area contributed by atoms with Gasteiger partial charge in [-0.1, -0.05) is 28.1 Å². The number of H-pyrrole nitrogens is 1. The molecule has 7 nitrogen and oxygen atoms in total.